The zero-order valence-electron chi connectivity index (χ0n) is 12.3. The van der Waals surface area contributed by atoms with E-state index >= 15 is 0 Å². The highest BCUT2D eigenvalue weighted by Crippen LogP contribution is 2.30. The molecule has 1 fully saturated rings. The number of hydrogen-bond donors (Lipinski definition) is 2. The average Bonchev–Trinajstić information content (AvgIpc) is 3.19. The lowest BCUT2D eigenvalue weighted by Gasteiger charge is -2.05. The van der Waals surface area contributed by atoms with Crippen LogP contribution in [-0.2, 0) is 16.0 Å². The van der Waals surface area contributed by atoms with Crippen LogP contribution >= 0.6 is 11.3 Å². The fourth-order valence-corrected chi connectivity index (χ4v) is 3.27. The SMILES string of the molecule is O=C(O)Cc1ccc(NC(=O)c2csc(C3CCCO3)n2)cc1. The van der Waals surface area contributed by atoms with Gasteiger partial charge in [0.2, 0.25) is 0 Å². The highest BCUT2D eigenvalue weighted by molar-refractivity contribution is 7.09. The van der Waals surface area contributed by atoms with Crippen LogP contribution in [0.1, 0.15) is 40.0 Å². The number of rotatable bonds is 5. The number of aromatic nitrogens is 1. The summed E-state index contributed by atoms with van der Waals surface area (Å²) in [5.41, 5.74) is 1.66. The van der Waals surface area contributed by atoms with E-state index in [0.717, 1.165) is 24.5 Å². The molecule has 2 heterocycles. The van der Waals surface area contributed by atoms with Gasteiger partial charge in [-0.2, -0.15) is 0 Å². The van der Waals surface area contributed by atoms with Crippen molar-refractivity contribution in [3.8, 4) is 0 Å². The lowest BCUT2D eigenvalue weighted by Crippen LogP contribution is -2.12. The molecule has 0 bridgehead atoms. The van der Waals surface area contributed by atoms with Crippen molar-refractivity contribution in [1.82, 2.24) is 4.98 Å². The first-order valence-electron chi connectivity index (χ1n) is 7.31. The molecule has 23 heavy (non-hydrogen) atoms. The van der Waals surface area contributed by atoms with Crippen LogP contribution in [-0.4, -0.2) is 28.6 Å². The molecular weight excluding hydrogens is 316 g/mol. The lowest BCUT2D eigenvalue weighted by atomic mass is 10.1. The summed E-state index contributed by atoms with van der Waals surface area (Å²) < 4.78 is 5.56. The first-order valence-corrected chi connectivity index (χ1v) is 8.19. The smallest absolute Gasteiger partial charge is 0.307 e. The molecule has 1 amide bonds. The number of carbonyl (C=O) groups excluding carboxylic acids is 1. The Balaban J connectivity index is 1.63. The van der Waals surface area contributed by atoms with Gasteiger partial charge in [-0.15, -0.1) is 11.3 Å². The molecule has 1 aliphatic rings. The minimum absolute atomic E-state index is 0.0110. The van der Waals surface area contributed by atoms with Gasteiger partial charge in [0.1, 0.15) is 16.8 Å². The van der Waals surface area contributed by atoms with Gasteiger partial charge < -0.3 is 15.2 Å². The van der Waals surface area contributed by atoms with E-state index in [1.807, 2.05) is 0 Å². The molecule has 1 aromatic carbocycles. The van der Waals surface area contributed by atoms with Crippen molar-refractivity contribution >= 4 is 28.9 Å². The second-order valence-electron chi connectivity index (χ2n) is 5.29. The Bertz CT molecular complexity index is 705. The van der Waals surface area contributed by atoms with Crippen LogP contribution in [0.25, 0.3) is 0 Å². The number of nitrogens with zero attached hydrogens (tertiary/aromatic N) is 1. The van der Waals surface area contributed by atoms with Crippen molar-refractivity contribution < 1.29 is 19.4 Å². The monoisotopic (exact) mass is 332 g/mol. The summed E-state index contributed by atoms with van der Waals surface area (Å²) in [4.78, 5) is 27.2. The van der Waals surface area contributed by atoms with Crippen LogP contribution in [0.4, 0.5) is 5.69 Å². The van der Waals surface area contributed by atoms with Crippen LogP contribution in [0, 0.1) is 0 Å². The lowest BCUT2D eigenvalue weighted by molar-refractivity contribution is -0.136. The molecule has 1 unspecified atom stereocenters. The number of carboxylic acid groups (broad SMARTS) is 1. The molecule has 1 aliphatic heterocycles. The van der Waals surface area contributed by atoms with E-state index in [1.165, 1.54) is 11.3 Å². The molecule has 120 valence electrons. The van der Waals surface area contributed by atoms with Crippen LogP contribution in [0.5, 0.6) is 0 Å². The van der Waals surface area contributed by atoms with Crippen LogP contribution in [0.2, 0.25) is 0 Å². The molecule has 1 atom stereocenters. The number of amides is 1. The van der Waals surface area contributed by atoms with Crippen molar-refractivity contribution in [2.24, 2.45) is 0 Å². The summed E-state index contributed by atoms with van der Waals surface area (Å²) in [6.45, 7) is 0.745. The molecule has 0 aliphatic carbocycles. The predicted molar refractivity (Wildman–Crippen MR) is 85.8 cm³/mol. The van der Waals surface area contributed by atoms with Crippen molar-refractivity contribution in [3.63, 3.8) is 0 Å². The Morgan fingerprint density at radius 3 is 2.78 bits per heavy atom. The number of hydrogen-bond acceptors (Lipinski definition) is 5. The number of anilines is 1. The third-order valence-electron chi connectivity index (χ3n) is 3.53. The highest BCUT2D eigenvalue weighted by atomic mass is 32.1. The fourth-order valence-electron chi connectivity index (χ4n) is 2.39. The number of aliphatic carboxylic acids is 1. The number of thiazole rings is 1. The molecule has 1 saturated heterocycles. The van der Waals surface area contributed by atoms with E-state index < -0.39 is 5.97 Å². The van der Waals surface area contributed by atoms with E-state index in [4.69, 9.17) is 9.84 Å². The van der Waals surface area contributed by atoms with Gasteiger partial charge in [0.25, 0.3) is 5.91 Å². The molecule has 6 nitrogen and oxygen atoms in total. The van der Waals surface area contributed by atoms with E-state index in [9.17, 15) is 9.59 Å². The highest BCUT2D eigenvalue weighted by Gasteiger charge is 2.22. The van der Waals surface area contributed by atoms with Crippen molar-refractivity contribution in [2.75, 3.05) is 11.9 Å². The maximum atomic E-state index is 12.2. The van der Waals surface area contributed by atoms with Crippen LogP contribution < -0.4 is 5.32 Å². The van der Waals surface area contributed by atoms with Gasteiger partial charge in [-0.3, -0.25) is 9.59 Å². The average molecular weight is 332 g/mol. The predicted octanol–water partition coefficient (Wildman–Crippen LogP) is 2.87. The topological polar surface area (TPSA) is 88.5 Å². The van der Waals surface area contributed by atoms with Gasteiger partial charge in [-0.05, 0) is 30.5 Å². The summed E-state index contributed by atoms with van der Waals surface area (Å²) in [5, 5.41) is 14.1. The normalized spacial score (nSPS) is 17.1. The van der Waals surface area contributed by atoms with E-state index in [2.05, 4.69) is 10.3 Å². The number of carboxylic acids is 1. The molecule has 2 N–H and O–H groups in total. The van der Waals surface area contributed by atoms with Gasteiger partial charge >= 0.3 is 5.97 Å². The van der Waals surface area contributed by atoms with Crippen molar-refractivity contribution in [3.05, 3.63) is 45.9 Å². The summed E-state index contributed by atoms with van der Waals surface area (Å²) in [7, 11) is 0. The Labute approximate surface area is 137 Å². The third kappa shape index (κ3) is 3.94. The molecule has 3 rings (SSSR count). The zero-order chi connectivity index (χ0) is 16.2. The Morgan fingerprint density at radius 1 is 1.35 bits per heavy atom. The quantitative estimate of drug-likeness (QED) is 0.879. The van der Waals surface area contributed by atoms with Gasteiger partial charge in [-0.25, -0.2) is 4.98 Å². The number of ether oxygens (including phenoxy) is 1. The van der Waals surface area contributed by atoms with Gasteiger partial charge in [0.05, 0.1) is 6.42 Å². The second-order valence-corrected chi connectivity index (χ2v) is 6.18. The largest absolute Gasteiger partial charge is 0.481 e. The molecule has 0 radical (unpaired) electrons. The second kappa shape index (κ2) is 6.89. The fraction of sp³-hybridized carbons (Fsp3) is 0.312. The van der Waals surface area contributed by atoms with Crippen molar-refractivity contribution in [1.29, 1.82) is 0 Å². The molecule has 7 heteroatoms. The first-order chi connectivity index (χ1) is 11.1. The molecule has 0 spiro atoms. The molecule has 1 aromatic heterocycles. The minimum Gasteiger partial charge on any atom is -0.481 e. The minimum atomic E-state index is -0.883. The molecule has 2 aromatic rings. The summed E-state index contributed by atoms with van der Waals surface area (Å²) in [5.74, 6) is -1.16. The maximum Gasteiger partial charge on any atom is 0.307 e. The third-order valence-corrected chi connectivity index (χ3v) is 4.46. The van der Waals surface area contributed by atoms with Crippen molar-refractivity contribution in [2.45, 2.75) is 25.4 Å². The number of carbonyl (C=O) groups is 2. The maximum absolute atomic E-state index is 12.2. The first kappa shape index (κ1) is 15.6. The standard InChI is InChI=1S/C16H16N2O4S/c19-14(20)8-10-3-5-11(6-4-10)17-15(21)12-9-23-16(18-12)13-2-1-7-22-13/h3-6,9,13H,1-2,7-8H2,(H,17,21)(H,19,20). The zero-order valence-corrected chi connectivity index (χ0v) is 13.1. The Kier molecular flexibility index (Phi) is 4.68. The van der Waals surface area contributed by atoms with Crippen LogP contribution in [0.3, 0.4) is 0 Å². The van der Waals surface area contributed by atoms with E-state index in [0.29, 0.717) is 16.9 Å². The molecular formula is C16H16N2O4S. The summed E-state index contributed by atoms with van der Waals surface area (Å²) in [6.07, 6.45) is 1.94. The van der Waals surface area contributed by atoms with Crippen LogP contribution in [0.15, 0.2) is 29.6 Å². The number of benzene rings is 1. The molecule has 0 saturated carbocycles. The van der Waals surface area contributed by atoms with Gasteiger partial charge in [0, 0.05) is 17.7 Å². The van der Waals surface area contributed by atoms with Gasteiger partial charge in [0.15, 0.2) is 0 Å². The van der Waals surface area contributed by atoms with Gasteiger partial charge in [-0.1, -0.05) is 12.1 Å². The summed E-state index contributed by atoms with van der Waals surface area (Å²) >= 11 is 1.43. The van der Waals surface area contributed by atoms with E-state index in [1.54, 1.807) is 29.6 Å². The Morgan fingerprint density at radius 2 is 2.13 bits per heavy atom. The Hall–Kier alpha value is -2.25. The number of nitrogens with one attached hydrogen (secondary N) is 1. The van der Waals surface area contributed by atoms with E-state index in [-0.39, 0.29) is 18.4 Å². The summed E-state index contributed by atoms with van der Waals surface area (Å²) in [6, 6.07) is 6.73.